The Morgan fingerprint density at radius 1 is 1.40 bits per heavy atom. The van der Waals surface area contributed by atoms with Crippen LogP contribution in [0.5, 0.6) is 0 Å². The van der Waals surface area contributed by atoms with E-state index in [2.05, 4.69) is 0 Å². The SMILES string of the molecule is CC(Sc1ccc([N+](=O)[O-])cc1)C(=O)N(C)C(C)CN. The zero-order chi connectivity index (χ0) is 15.3. The standard InChI is InChI=1S/C13H19N3O3S/c1-9(8-14)15(3)13(17)10(2)20-12-6-4-11(5-7-12)16(18)19/h4-7,9-10H,8,14H2,1-3H3. The van der Waals surface area contributed by atoms with Gasteiger partial charge >= 0.3 is 0 Å². The molecule has 110 valence electrons. The van der Waals surface area contributed by atoms with Gasteiger partial charge in [-0.3, -0.25) is 14.9 Å². The lowest BCUT2D eigenvalue weighted by Crippen LogP contribution is -2.43. The van der Waals surface area contributed by atoms with Gasteiger partial charge in [-0.1, -0.05) is 0 Å². The van der Waals surface area contributed by atoms with Crippen molar-refractivity contribution in [2.45, 2.75) is 30.0 Å². The summed E-state index contributed by atoms with van der Waals surface area (Å²) in [5.41, 5.74) is 5.59. The third kappa shape index (κ3) is 4.21. The van der Waals surface area contributed by atoms with Crippen molar-refractivity contribution in [2.75, 3.05) is 13.6 Å². The number of likely N-dealkylation sites (N-methyl/N-ethyl adjacent to an activating group) is 1. The minimum absolute atomic E-state index is 0.00805. The largest absolute Gasteiger partial charge is 0.341 e. The number of non-ortho nitro benzene ring substituents is 1. The van der Waals surface area contributed by atoms with Crippen LogP contribution in [0.15, 0.2) is 29.2 Å². The summed E-state index contributed by atoms with van der Waals surface area (Å²) in [7, 11) is 1.73. The lowest BCUT2D eigenvalue weighted by atomic mass is 10.3. The lowest BCUT2D eigenvalue weighted by Gasteiger charge is -2.26. The fraction of sp³-hybridized carbons (Fsp3) is 0.462. The second kappa shape index (κ2) is 7.25. The van der Waals surface area contributed by atoms with E-state index in [9.17, 15) is 14.9 Å². The van der Waals surface area contributed by atoms with Crippen LogP contribution in [0.4, 0.5) is 5.69 Å². The van der Waals surface area contributed by atoms with Crippen LogP contribution in [0.3, 0.4) is 0 Å². The summed E-state index contributed by atoms with van der Waals surface area (Å²) in [6, 6.07) is 6.16. The molecule has 20 heavy (non-hydrogen) atoms. The second-order valence-electron chi connectivity index (χ2n) is 4.54. The molecular weight excluding hydrogens is 278 g/mol. The predicted molar refractivity (Wildman–Crippen MR) is 79.7 cm³/mol. The number of hydrogen-bond acceptors (Lipinski definition) is 5. The number of nitro benzene ring substituents is 1. The molecule has 1 rings (SSSR count). The average Bonchev–Trinajstić information content (AvgIpc) is 2.45. The highest BCUT2D eigenvalue weighted by Gasteiger charge is 2.21. The summed E-state index contributed by atoms with van der Waals surface area (Å²) in [6.45, 7) is 4.12. The number of hydrogen-bond donors (Lipinski definition) is 1. The molecule has 0 spiro atoms. The molecule has 1 aromatic rings. The van der Waals surface area contributed by atoms with Crippen LogP contribution >= 0.6 is 11.8 Å². The summed E-state index contributed by atoms with van der Waals surface area (Å²) in [4.78, 5) is 24.7. The van der Waals surface area contributed by atoms with E-state index >= 15 is 0 Å². The number of nitro groups is 1. The average molecular weight is 297 g/mol. The number of thioether (sulfide) groups is 1. The summed E-state index contributed by atoms with van der Waals surface area (Å²) in [6.07, 6.45) is 0. The first-order chi connectivity index (χ1) is 9.36. The molecule has 0 saturated carbocycles. The van der Waals surface area contributed by atoms with Crippen molar-refractivity contribution in [3.8, 4) is 0 Å². The minimum Gasteiger partial charge on any atom is -0.341 e. The van der Waals surface area contributed by atoms with Crippen LogP contribution in [0.1, 0.15) is 13.8 Å². The lowest BCUT2D eigenvalue weighted by molar-refractivity contribution is -0.384. The number of carbonyl (C=O) groups is 1. The Morgan fingerprint density at radius 2 is 1.95 bits per heavy atom. The fourth-order valence-corrected chi connectivity index (χ4v) is 2.53. The van der Waals surface area contributed by atoms with Crippen LogP contribution in [0.2, 0.25) is 0 Å². The van der Waals surface area contributed by atoms with Gasteiger partial charge in [0.2, 0.25) is 5.91 Å². The molecule has 0 heterocycles. The second-order valence-corrected chi connectivity index (χ2v) is 5.96. The molecule has 1 aromatic carbocycles. The summed E-state index contributed by atoms with van der Waals surface area (Å²) in [5, 5.41) is 10.3. The molecule has 0 bridgehead atoms. The number of nitrogens with two attached hydrogens (primary N) is 1. The monoisotopic (exact) mass is 297 g/mol. The first kappa shape index (κ1) is 16.5. The highest BCUT2D eigenvalue weighted by Crippen LogP contribution is 2.26. The Balaban J connectivity index is 2.68. The number of carbonyl (C=O) groups excluding carboxylic acids is 1. The fourth-order valence-electron chi connectivity index (χ4n) is 1.56. The van der Waals surface area contributed by atoms with Crippen molar-refractivity contribution in [1.82, 2.24) is 4.90 Å². The van der Waals surface area contributed by atoms with Gasteiger partial charge in [0.15, 0.2) is 0 Å². The smallest absolute Gasteiger partial charge is 0.269 e. The Morgan fingerprint density at radius 3 is 2.40 bits per heavy atom. The maximum absolute atomic E-state index is 12.2. The first-order valence-corrected chi connectivity index (χ1v) is 7.12. The van der Waals surface area contributed by atoms with Crippen molar-refractivity contribution in [2.24, 2.45) is 5.73 Å². The van der Waals surface area contributed by atoms with Gasteiger partial charge in [-0.05, 0) is 26.0 Å². The van der Waals surface area contributed by atoms with Crippen LogP contribution < -0.4 is 5.73 Å². The summed E-state index contributed by atoms with van der Waals surface area (Å²) < 4.78 is 0. The van der Waals surface area contributed by atoms with E-state index in [4.69, 9.17) is 5.73 Å². The molecule has 0 saturated heterocycles. The normalized spacial score (nSPS) is 13.6. The van der Waals surface area contributed by atoms with Gasteiger partial charge in [0, 0.05) is 36.7 Å². The zero-order valence-electron chi connectivity index (χ0n) is 11.8. The third-order valence-electron chi connectivity index (χ3n) is 3.06. The van der Waals surface area contributed by atoms with Crippen molar-refractivity contribution in [1.29, 1.82) is 0 Å². The molecule has 0 aliphatic rings. The van der Waals surface area contributed by atoms with Gasteiger partial charge in [-0.2, -0.15) is 0 Å². The molecule has 2 unspecified atom stereocenters. The quantitative estimate of drug-likeness (QED) is 0.492. The van der Waals surface area contributed by atoms with Gasteiger partial charge in [0.25, 0.3) is 5.69 Å². The maximum atomic E-state index is 12.2. The third-order valence-corrected chi connectivity index (χ3v) is 4.16. The highest BCUT2D eigenvalue weighted by atomic mass is 32.2. The molecule has 2 atom stereocenters. The minimum atomic E-state index is -0.445. The van der Waals surface area contributed by atoms with E-state index < -0.39 is 4.92 Å². The number of benzene rings is 1. The first-order valence-electron chi connectivity index (χ1n) is 6.24. The number of rotatable bonds is 6. The Labute approximate surface area is 122 Å². The van der Waals surface area contributed by atoms with E-state index in [1.165, 1.54) is 23.9 Å². The zero-order valence-corrected chi connectivity index (χ0v) is 12.6. The molecule has 0 fully saturated rings. The molecule has 0 radical (unpaired) electrons. The topological polar surface area (TPSA) is 89.5 Å². The van der Waals surface area contributed by atoms with E-state index in [0.29, 0.717) is 6.54 Å². The Hall–Kier alpha value is -1.60. The van der Waals surface area contributed by atoms with E-state index in [-0.39, 0.29) is 22.9 Å². The van der Waals surface area contributed by atoms with Crippen LogP contribution in [-0.4, -0.2) is 40.6 Å². The van der Waals surface area contributed by atoms with Gasteiger partial charge < -0.3 is 10.6 Å². The Kier molecular flexibility index (Phi) is 5.97. The maximum Gasteiger partial charge on any atom is 0.269 e. The molecule has 0 aliphatic carbocycles. The predicted octanol–water partition coefficient (Wildman–Crippen LogP) is 1.88. The van der Waals surface area contributed by atoms with Crippen LogP contribution in [-0.2, 0) is 4.79 Å². The summed E-state index contributed by atoms with van der Waals surface area (Å²) in [5.74, 6) is -0.00805. The van der Waals surface area contributed by atoms with E-state index in [1.54, 1.807) is 24.1 Å². The number of nitrogens with zero attached hydrogens (tertiary/aromatic N) is 2. The van der Waals surface area contributed by atoms with Crippen molar-refractivity contribution in [3.63, 3.8) is 0 Å². The van der Waals surface area contributed by atoms with Crippen LogP contribution in [0.25, 0.3) is 0 Å². The van der Waals surface area contributed by atoms with Gasteiger partial charge in [0.1, 0.15) is 0 Å². The van der Waals surface area contributed by atoms with Crippen molar-refractivity contribution >= 4 is 23.4 Å². The molecule has 0 aliphatic heterocycles. The van der Waals surface area contributed by atoms with Gasteiger partial charge in [-0.25, -0.2) is 0 Å². The van der Waals surface area contributed by atoms with Gasteiger partial charge in [0.05, 0.1) is 10.2 Å². The van der Waals surface area contributed by atoms with Gasteiger partial charge in [-0.15, -0.1) is 11.8 Å². The molecule has 0 aromatic heterocycles. The van der Waals surface area contributed by atoms with Crippen molar-refractivity contribution in [3.05, 3.63) is 34.4 Å². The van der Waals surface area contributed by atoms with Crippen molar-refractivity contribution < 1.29 is 9.72 Å². The highest BCUT2D eigenvalue weighted by molar-refractivity contribution is 8.00. The summed E-state index contributed by atoms with van der Waals surface area (Å²) >= 11 is 1.37. The molecule has 7 heteroatoms. The molecule has 1 amide bonds. The van der Waals surface area contributed by atoms with E-state index in [1.807, 2.05) is 13.8 Å². The van der Waals surface area contributed by atoms with E-state index in [0.717, 1.165) is 4.90 Å². The van der Waals surface area contributed by atoms with Crippen LogP contribution in [0, 0.1) is 10.1 Å². The number of amides is 1. The molecular formula is C13H19N3O3S. The Bertz CT molecular complexity index is 478. The molecule has 2 N–H and O–H groups in total. The molecule has 6 nitrogen and oxygen atoms in total.